The number of ether oxygens (including phenoxy) is 1. The highest BCUT2D eigenvalue weighted by Gasteiger charge is 2.27. The van der Waals surface area contributed by atoms with Gasteiger partial charge >= 0.3 is 0 Å². The van der Waals surface area contributed by atoms with Crippen LogP contribution in [0.25, 0.3) is 0 Å². The quantitative estimate of drug-likeness (QED) is 0.622. The number of methoxy groups -OCH3 is 1. The number of aliphatic imine (C=N–C) groups is 1. The molecule has 3 nitrogen and oxygen atoms in total. The van der Waals surface area contributed by atoms with Gasteiger partial charge in [0, 0.05) is 26.2 Å². The van der Waals surface area contributed by atoms with Gasteiger partial charge < -0.3 is 10.1 Å². The van der Waals surface area contributed by atoms with E-state index in [0.717, 1.165) is 49.4 Å². The van der Waals surface area contributed by atoms with Gasteiger partial charge in [-0.15, -0.1) is 11.8 Å². The van der Waals surface area contributed by atoms with E-state index in [9.17, 15) is 0 Å². The Bertz CT molecular complexity index is 823. The molecule has 0 saturated heterocycles. The van der Waals surface area contributed by atoms with Gasteiger partial charge in [-0.2, -0.15) is 0 Å². The standard InChI is InChI=1S/C19H20BrClN2OS/c1-19(2)11-22-18(23-19)14-5-4-6-15(21)17(14)25-10-12-9-13(20)7-8-16(12)24-3/h4-9H,10-11H2,1-3H3,(H,22,23). The molecular weight excluding hydrogens is 420 g/mol. The van der Waals surface area contributed by atoms with Crippen LogP contribution in [0.4, 0.5) is 0 Å². The van der Waals surface area contributed by atoms with Gasteiger partial charge in [0.25, 0.3) is 0 Å². The van der Waals surface area contributed by atoms with E-state index in [-0.39, 0.29) is 5.54 Å². The molecule has 0 aromatic heterocycles. The molecule has 25 heavy (non-hydrogen) atoms. The third-order valence-electron chi connectivity index (χ3n) is 3.93. The van der Waals surface area contributed by atoms with Crippen LogP contribution in [0, 0.1) is 0 Å². The van der Waals surface area contributed by atoms with Gasteiger partial charge in [0.2, 0.25) is 0 Å². The Balaban J connectivity index is 1.87. The molecule has 0 spiro atoms. The number of halogens is 2. The lowest BCUT2D eigenvalue weighted by Crippen LogP contribution is -2.40. The van der Waals surface area contributed by atoms with Crippen molar-refractivity contribution < 1.29 is 4.74 Å². The van der Waals surface area contributed by atoms with Gasteiger partial charge in [-0.25, -0.2) is 0 Å². The fourth-order valence-electron chi connectivity index (χ4n) is 2.68. The summed E-state index contributed by atoms with van der Waals surface area (Å²) < 4.78 is 6.51. The SMILES string of the molecule is COc1ccc(Br)cc1CSc1c(Cl)cccc1C1=NCC(C)(C)N1. The van der Waals surface area contributed by atoms with Crippen LogP contribution in [0.3, 0.4) is 0 Å². The van der Waals surface area contributed by atoms with Crippen LogP contribution in [-0.2, 0) is 5.75 Å². The van der Waals surface area contributed by atoms with E-state index in [1.165, 1.54) is 0 Å². The lowest BCUT2D eigenvalue weighted by molar-refractivity contribution is 0.411. The van der Waals surface area contributed by atoms with Crippen LogP contribution in [0.15, 0.2) is 50.8 Å². The number of amidine groups is 1. The molecule has 0 radical (unpaired) electrons. The van der Waals surface area contributed by atoms with Crippen LogP contribution in [-0.4, -0.2) is 25.0 Å². The Morgan fingerprint density at radius 1 is 1.32 bits per heavy atom. The predicted molar refractivity (Wildman–Crippen MR) is 110 cm³/mol. The first kappa shape index (κ1) is 18.6. The van der Waals surface area contributed by atoms with Crippen molar-refractivity contribution in [3.05, 3.63) is 57.0 Å². The molecule has 0 saturated carbocycles. The van der Waals surface area contributed by atoms with Crippen molar-refractivity contribution in [2.75, 3.05) is 13.7 Å². The van der Waals surface area contributed by atoms with E-state index < -0.39 is 0 Å². The second-order valence-corrected chi connectivity index (χ2v) is 8.84. The van der Waals surface area contributed by atoms with Crippen molar-refractivity contribution in [2.45, 2.75) is 30.0 Å². The summed E-state index contributed by atoms with van der Waals surface area (Å²) in [6.07, 6.45) is 0. The first-order chi connectivity index (χ1) is 11.9. The van der Waals surface area contributed by atoms with Gasteiger partial charge in [0.1, 0.15) is 11.6 Å². The summed E-state index contributed by atoms with van der Waals surface area (Å²) in [5.74, 6) is 2.55. The maximum Gasteiger partial charge on any atom is 0.130 e. The third-order valence-corrected chi connectivity index (χ3v) is 6.03. The summed E-state index contributed by atoms with van der Waals surface area (Å²) in [5.41, 5.74) is 2.15. The first-order valence-electron chi connectivity index (χ1n) is 7.96. The number of nitrogens with one attached hydrogen (secondary N) is 1. The summed E-state index contributed by atoms with van der Waals surface area (Å²) in [6.45, 7) is 5.05. The summed E-state index contributed by atoms with van der Waals surface area (Å²) >= 11 is 11.7. The van der Waals surface area contributed by atoms with Gasteiger partial charge in [0.05, 0.1) is 24.2 Å². The molecule has 0 aliphatic carbocycles. The molecule has 1 N–H and O–H groups in total. The van der Waals surface area contributed by atoms with Crippen molar-refractivity contribution in [1.82, 2.24) is 5.32 Å². The molecule has 0 unspecified atom stereocenters. The van der Waals surface area contributed by atoms with E-state index in [2.05, 4.69) is 52.2 Å². The average Bonchev–Trinajstić information content (AvgIpc) is 2.93. The molecule has 3 rings (SSSR count). The van der Waals surface area contributed by atoms with E-state index in [1.807, 2.05) is 24.3 Å². The molecule has 0 fully saturated rings. The number of benzene rings is 2. The molecule has 0 bridgehead atoms. The molecular formula is C19H20BrClN2OS. The van der Waals surface area contributed by atoms with Crippen LogP contribution in [0.2, 0.25) is 5.02 Å². The number of rotatable bonds is 5. The Labute approximate surface area is 166 Å². The lowest BCUT2D eigenvalue weighted by Gasteiger charge is -2.19. The molecule has 1 heterocycles. The van der Waals surface area contributed by atoms with E-state index in [4.69, 9.17) is 16.3 Å². The molecule has 1 aliphatic heterocycles. The van der Waals surface area contributed by atoms with Gasteiger partial charge in [-0.05, 0) is 38.1 Å². The molecule has 2 aromatic carbocycles. The van der Waals surface area contributed by atoms with Crippen LogP contribution >= 0.6 is 39.3 Å². The highest BCUT2D eigenvalue weighted by molar-refractivity contribution is 9.10. The van der Waals surface area contributed by atoms with E-state index >= 15 is 0 Å². The van der Waals surface area contributed by atoms with Gasteiger partial charge in [-0.1, -0.05) is 39.7 Å². The van der Waals surface area contributed by atoms with Gasteiger partial charge in [-0.3, -0.25) is 4.99 Å². The molecule has 2 aromatic rings. The van der Waals surface area contributed by atoms with Crippen LogP contribution < -0.4 is 10.1 Å². The Morgan fingerprint density at radius 2 is 2.12 bits per heavy atom. The molecule has 1 aliphatic rings. The zero-order valence-electron chi connectivity index (χ0n) is 14.4. The number of nitrogens with zero attached hydrogens (tertiary/aromatic N) is 1. The number of hydrogen-bond donors (Lipinski definition) is 1. The second-order valence-electron chi connectivity index (χ2n) is 6.54. The fraction of sp³-hybridized carbons (Fsp3) is 0.316. The largest absolute Gasteiger partial charge is 0.496 e. The van der Waals surface area contributed by atoms with Crippen molar-refractivity contribution in [3.8, 4) is 5.75 Å². The molecule has 132 valence electrons. The highest BCUT2D eigenvalue weighted by Crippen LogP contribution is 2.36. The van der Waals surface area contributed by atoms with Crippen molar-refractivity contribution in [3.63, 3.8) is 0 Å². The van der Waals surface area contributed by atoms with Gasteiger partial charge in [0.15, 0.2) is 0 Å². The third kappa shape index (κ3) is 4.33. The van der Waals surface area contributed by atoms with Crippen molar-refractivity contribution in [1.29, 1.82) is 0 Å². The summed E-state index contributed by atoms with van der Waals surface area (Å²) in [5, 5.41) is 4.23. The molecule has 0 amide bonds. The van der Waals surface area contributed by atoms with E-state index in [0.29, 0.717) is 0 Å². The molecule has 6 heteroatoms. The van der Waals surface area contributed by atoms with Crippen molar-refractivity contribution in [2.24, 2.45) is 4.99 Å². The normalized spacial score (nSPS) is 15.6. The molecule has 0 atom stereocenters. The zero-order valence-corrected chi connectivity index (χ0v) is 17.6. The Morgan fingerprint density at radius 3 is 2.80 bits per heavy atom. The predicted octanol–water partition coefficient (Wildman–Crippen LogP) is 5.53. The highest BCUT2D eigenvalue weighted by atomic mass is 79.9. The van der Waals surface area contributed by atoms with E-state index in [1.54, 1.807) is 18.9 Å². The summed E-state index contributed by atoms with van der Waals surface area (Å²) in [6, 6.07) is 12.0. The monoisotopic (exact) mass is 438 g/mol. The Kier molecular flexibility index (Phi) is 5.66. The zero-order chi connectivity index (χ0) is 18.0. The fourth-order valence-corrected chi connectivity index (χ4v) is 4.48. The van der Waals surface area contributed by atoms with Crippen LogP contribution in [0.1, 0.15) is 25.0 Å². The number of hydrogen-bond acceptors (Lipinski definition) is 4. The van der Waals surface area contributed by atoms with Crippen molar-refractivity contribution >= 4 is 45.1 Å². The lowest BCUT2D eigenvalue weighted by atomic mass is 10.1. The Hall–Kier alpha value is -1.17. The average molecular weight is 440 g/mol. The minimum absolute atomic E-state index is 0.0207. The topological polar surface area (TPSA) is 33.6 Å². The maximum atomic E-state index is 6.51. The number of thioether (sulfide) groups is 1. The smallest absolute Gasteiger partial charge is 0.130 e. The second kappa shape index (κ2) is 7.60. The minimum Gasteiger partial charge on any atom is -0.496 e. The minimum atomic E-state index is -0.0207. The summed E-state index contributed by atoms with van der Waals surface area (Å²) in [4.78, 5) is 5.70. The van der Waals surface area contributed by atoms with Crippen LogP contribution in [0.5, 0.6) is 5.75 Å². The maximum absolute atomic E-state index is 6.51. The summed E-state index contributed by atoms with van der Waals surface area (Å²) in [7, 11) is 1.69. The first-order valence-corrected chi connectivity index (χ1v) is 10.1.